The molecular weight excluding hydrogens is 364 g/mol. The molecule has 1 N–H and O–H groups in total. The number of hydrogen-bond donors (Lipinski definition) is 1. The number of halogens is 1. The number of para-hydroxylation sites is 1. The van der Waals surface area contributed by atoms with E-state index in [2.05, 4.69) is 26.2 Å². The summed E-state index contributed by atoms with van der Waals surface area (Å²) in [5, 5.41) is 3.38. The van der Waals surface area contributed by atoms with E-state index in [0.29, 0.717) is 10.9 Å². The summed E-state index contributed by atoms with van der Waals surface area (Å²) < 4.78 is 7.63. The number of anilines is 1. The van der Waals surface area contributed by atoms with Crippen LogP contribution in [0.2, 0.25) is 0 Å². The van der Waals surface area contributed by atoms with E-state index in [9.17, 15) is 4.79 Å². The molecule has 3 aromatic rings. The van der Waals surface area contributed by atoms with E-state index in [1.54, 1.807) is 6.92 Å². The van der Waals surface area contributed by atoms with Crippen LogP contribution in [0.4, 0.5) is 5.13 Å². The van der Waals surface area contributed by atoms with Crippen molar-refractivity contribution < 1.29 is 9.53 Å². The summed E-state index contributed by atoms with van der Waals surface area (Å²) in [6.07, 6.45) is -0.604. The molecule has 1 heterocycles. The number of ether oxygens (including phenoxy) is 1. The van der Waals surface area contributed by atoms with E-state index in [0.717, 1.165) is 14.7 Å². The molecule has 0 radical (unpaired) electrons. The van der Waals surface area contributed by atoms with Crippen molar-refractivity contribution in [3.8, 4) is 5.75 Å². The first-order valence-corrected chi connectivity index (χ1v) is 8.31. The van der Waals surface area contributed by atoms with Crippen LogP contribution in [0.3, 0.4) is 0 Å². The van der Waals surface area contributed by atoms with Crippen LogP contribution in [0.15, 0.2) is 53.0 Å². The maximum Gasteiger partial charge on any atom is 0.266 e. The number of aromatic nitrogens is 1. The number of benzene rings is 2. The van der Waals surface area contributed by atoms with Gasteiger partial charge in [0.15, 0.2) is 11.2 Å². The Morgan fingerprint density at radius 1 is 1.23 bits per heavy atom. The molecule has 3 rings (SSSR count). The van der Waals surface area contributed by atoms with E-state index < -0.39 is 6.10 Å². The number of thiazole rings is 1. The van der Waals surface area contributed by atoms with Crippen molar-refractivity contribution in [3.63, 3.8) is 0 Å². The lowest BCUT2D eigenvalue weighted by Crippen LogP contribution is -2.30. The molecule has 1 atom stereocenters. The van der Waals surface area contributed by atoms with Gasteiger partial charge in [0.1, 0.15) is 5.75 Å². The van der Waals surface area contributed by atoms with Crippen LogP contribution in [-0.4, -0.2) is 17.0 Å². The van der Waals surface area contributed by atoms with Gasteiger partial charge in [-0.1, -0.05) is 39.4 Å². The third-order valence-corrected chi connectivity index (χ3v) is 4.50. The van der Waals surface area contributed by atoms with Crippen molar-refractivity contribution in [2.24, 2.45) is 0 Å². The van der Waals surface area contributed by atoms with Gasteiger partial charge in [0.2, 0.25) is 0 Å². The summed E-state index contributed by atoms with van der Waals surface area (Å²) >= 11 is 4.81. The van der Waals surface area contributed by atoms with Gasteiger partial charge in [-0.2, -0.15) is 0 Å². The zero-order valence-electron chi connectivity index (χ0n) is 11.7. The van der Waals surface area contributed by atoms with Crippen molar-refractivity contribution in [1.82, 2.24) is 4.98 Å². The second kappa shape index (κ2) is 6.46. The molecule has 0 saturated carbocycles. The fourth-order valence-corrected chi connectivity index (χ4v) is 3.04. The van der Waals surface area contributed by atoms with Crippen LogP contribution < -0.4 is 10.1 Å². The van der Waals surface area contributed by atoms with Gasteiger partial charge in [-0.15, -0.1) is 0 Å². The van der Waals surface area contributed by atoms with Gasteiger partial charge >= 0.3 is 0 Å². The highest BCUT2D eigenvalue weighted by Crippen LogP contribution is 2.25. The Hall–Kier alpha value is -1.92. The SMILES string of the molecule is C[C@H](Oc1ccc(Br)cc1)C(=O)Nc1nc2ccccc2s1. The molecule has 0 spiro atoms. The standard InChI is InChI=1S/C16H13BrN2O2S/c1-10(21-12-8-6-11(17)7-9-12)15(20)19-16-18-13-4-2-3-5-14(13)22-16/h2-10H,1H3,(H,18,19,20)/t10-/m0/s1. The Bertz CT molecular complexity index is 768. The molecule has 6 heteroatoms. The average molecular weight is 377 g/mol. The Kier molecular flexibility index (Phi) is 4.40. The van der Waals surface area contributed by atoms with Gasteiger partial charge in [0, 0.05) is 4.47 Å². The predicted octanol–water partition coefficient (Wildman–Crippen LogP) is 4.46. The molecule has 0 bridgehead atoms. The third-order valence-electron chi connectivity index (χ3n) is 3.02. The molecule has 0 unspecified atom stereocenters. The zero-order chi connectivity index (χ0) is 15.5. The van der Waals surface area contributed by atoms with Gasteiger partial charge in [-0.3, -0.25) is 10.1 Å². The maximum atomic E-state index is 12.2. The minimum atomic E-state index is -0.604. The van der Waals surface area contributed by atoms with Gasteiger partial charge < -0.3 is 4.74 Å². The number of nitrogens with zero attached hydrogens (tertiary/aromatic N) is 1. The summed E-state index contributed by atoms with van der Waals surface area (Å²) in [4.78, 5) is 16.6. The van der Waals surface area contributed by atoms with E-state index in [-0.39, 0.29) is 5.91 Å². The Balaban J connectivity index is 1.66. The number of fused-ring (bicyclic) bond motifs is 1. The van der Waals surface area contributed by atoms with Crippen molar-refractivity contribution >= 4 is 48.5 Å². The highest BCUT2D eigenvalue weighted by atomic mass is 79.9. The van der Waals surface area contributed by atoms with Gasteiger partial charge in [0.05, 0.1) is 10.2 Å². The summed E-state index contributed by atoms with van der Waals surface area (Å²) in [5.74, 6) is 0.428. The highest BCUT2D eigenvalue weighted by molar-refractivity contribution is 9.10. The molecule has 0 saturated heterocycles. The minimum Gasteiger partial charge on any atom is -0.481 e. The fraction of sp³-hybridized carbons (Fsp3) is 0.125. The Morgan fingerprint density at radius 3 is 2.68 bits per heavy atom. The minimum absolute atomic E-state index is 0.220. The predicted molar refractivity (Wildman–Crippen MR) is 92.5 cm³/mol. The lowest BCUT2D eigenvalue weighted by Gasteiger charge is -2.13. The molecule has 0 aliphatic heterocycles. The topological polar surface area (TPSA) is 51.2 Å². The van der Waals surface area contributed by atoms with E-state index in [1.807, 2.05) is 48.5 Å². The smallest absolute Gasteiger partial charge is 0.266 e. The molecule has 1 aromatic heterocycles. The number of carbonyl (C=O) groups is 1. The Morgan fingerprint density at radius 2 is 1.95 bits per heavy atom. The van der Waals surface area contributed by atoms with E-state index >= 15 is 0 Å². The third kappa shape index (κ3) is 3.45. The van der Waals surface area contributed by atoms with Crippen LogP contribution in [-0.2, 0) is 4.79 Å². The van der Waals surface area contributed by atoms with E-state index in [1.165, 1.54) is 11.3 Å². The summed E-state index contributed by atoms with van der Waals surface area (Å²) in [7, 11) is 0. The molecule has 2 aromatic carbocycles. The number of rotatable bonds is 4. The second-order valence-corrected chi connectivity index (χ2v) is 6.64. The lowest BCUT2D eigenvalue weighted by atomic mass is 10.3. The maximum absolute atomic E-state index is 12.2. The first-order valence-electron chi connectivity index (χ1n) is 6.70. The number of carbonyl (C=O) groups excluding carboxylic acids is 1. The van der Waals surface area contributed by atoms with Crippen molar-refractivity contribution in [2.75, 3.05) is 5.32 Å². The van der Waals surface area contributed by atoms with Crippen molar-refractivity contribution in [1.29, 1.82) is 0 Å². The zero-order valence-corrected chi connectivity index (χ0v) is 14.1. The van der Waals surface area contributed by atoms with Crippen LogP contribution in [0.5, 0.6) is 5.75 Å². The quantitative estimate of drug-likeness (QED) is 0.730. The van der Waals surface area contributed by atoms with Crippen LogP contribution in [0.25, 0.3) is 10.2 Å². The first kappa shape index (κ1) is 15.0. The second-order valence-electron chi connectivity index (χ2n) is 4.69. The molecule has 112 valence electrons. The number of amides is 1. The van der Waals surface area contributed by atoms with Crippen molar-refractivity contribution in [2.45, 2.75) is 13.0 Å². The van der Waals surface area contributed by atoms with Crippen LogP contribution in [0.1, 0.15) is 6.92 Å². The van der Waals surface area contributed by atoms with Crippen LogP contribution in [0, 0.1) is 0 Å². The number of hydrogen-bond acceptors (Lipinski definition) is 4. The average Bonchev–Trinajstić information content (AvgIpc) is 2.91. The molecule has 0 aliphatic rings. The summed E-state index contributed by atoms with van der Waals surface area (Å²) in [5.41, 5.74) is 0.879. The van der Waals surface area contributed by atoms with Crippen molar-refractivity contribution in [3.05, 3.63) is 53.0 Å². The van der Waals surface area contributed by atoms with Gasteiger partial charge in [0.25, 0.3) is 5.91 Å². The van der Waals surface area contributed by atoms with Gasteiger partial charge in [-0.25, -0.2) is 4.98 Å². The molecule has 4 nitrogen and oxygen atoms in total. The highest BCUT2D eigenvalue weighted by Gasteiger charge is 2.16. The molecule has 0 aliphatic carbocycles. The normalized spacial score (nSPS) is 12.1. The lowest BCUT2D eigenvalue weighted by molar-refractivity contribution is -0.122. The number of nitrogens with one attached hydrogen (secondary N) is 1. The molecule has 22 heavy (non-hydrogen) atoms. The monoisotopic (exact) mass is 376 g/mol. The van der Waals surface area contributed by atoms with E-state index in [4.69, 9.17) is 4.74 Å². The molecular formula is C16H13BrN2O2S. The fourth-order valence-electron chi connectivity index (χ4n) is 1.90. The summed E-state index contributed by atoms with van der Waals surface area (Å²) in [6.45, 7) is 1.71. The van der Waals surface area contributed by atoms with Gasteiger partial charge in [-0.05, 0) is 43.3 Å². The first-order chi connectivity index (χ1) is 10.6. The molecule has 1 amide bonds. The van der Waals surface area contributed by atoms with Crippen LogP contribution >= 0.6 is 27.3 Å². The molecule has 0 fully saturated rings. The Labute approximate surface area is 140 Å². The largest absolute Gasteiger partial charge is 0.481 e. The summed E-state index contributed by atoms with van der Waals surface area (Å²) in [6, 6.07) is 15.1.